The molecule has 0 radical (unpaired) electrons. The third-order valence-electron chi connectivity index (χ3n) is 2.08. The molecule has 2 N–H and O–H groups in total. The number of hydrogen-bond donors (Lipinski definition) is 2. The molecule has 60 valence electrons. The maximum atomic E-state index is 10.8. The second-order valence-corrected chi connectivity index (χ2v) is 4.43. The van der Waals surface area contributed by atoms with Gasteiger partial charge in [-0.25, -0.2) is 4.21 Å². The largest absolute Gasteiger partial charge is 0.317 e. The average Bonchev–Trinajstić information content (AvgIpc) is 1.89. The van der Waals surface area contributed by atoms with E-state index in [0.717, 1.165) is 25.9 Å². The molecule has 1 atom stereocenters. The summed E-state index contributed by atoms with van der Waals surface area (Å²) in [4.78, 5) is 0. The molecule has 1 fully saturated rings. The molecule has 0 aromatic carbocycles. The van der Waals surface area contributed by atoms with Gasteiger partial charge in [-0.05, 0) is 32.9 Å². The van der Waals surface area contributed by atoms with Crippen molar-refractivity contribution in [1.82, 2.24) is 5.32 Å². The van der Waals surface area contributed by atoms with Gasteiger partial charge in [0.1, 0.15) is 0 Å². The molecule has 1 unspecified atom stereocenters. The van der Waals surface area contributed by atoms with Crippen LogP contribution in [0, 0.1) is 0 Å². The maximum Gasteiger partial charge on any atom is 0.158 e. The Kier molecular flexibility index (Phi) is 2.44. The third-order valence-corrected chi connectivity index (χ3v) is 3.33. The van der Waals surface area contributed by atoms with Gasteiger partial charge >= 0.3 is 0 Å². The van der Waals surface area contributed by atoms with E-state index in [1.54, 1.807) is 0 Å². The molecule has 4 heteroatoms. The molecule has 0 spiro atoms. The van der Waals surface area contributed by atoms with Crippen LogP contribution in [0.15, 0.2) is 0 Å². The first-order chi connectivity index (χ1) is 4.65. The topological polar surface area (TPSA) is 49.3 Å². The second kappa shape index (κ2) is 2.98. The number of nitrogens with one attached hydrogen (secondary N) is 1. The minimum absolute atomic E-state index is 0.356. The van der Waals surface area contributed by atoms with Gasteiger partial charge in [0.25, 0.3) is 0 Å². The van der Waals surface area contributed by atoms with E-state index in [9.17, 15) is 4.21 Å². The predicted octanol–water partition coefficient (Wildman–Crippen LogP) is 0.350. The molecular weight excluding hydrogens is 150 g/mol. The van der Waals surface area contributed by atoms with Crippen LogP contribution in [0.2, 0.25) is 0 Å². The van der Waals surface area contributed by atoms with Gasteiger partial charge in [0.15, 0.2) is 11.1 Å². The number of piperidine rings is 1. The van der Waals surface area contributed by atoms with E-state index >= 15 is 0 Å². The van der Waals surface area contributed by atoms with Crippen LogP contribution in [0.25, 0.3) is 0 Å². The van der Waals surface area contributed by atoms with Crippen molar-refractivity contribution in [2.24, 2.45) is 0 Å². The lowest BCUT2D eigenvalue weighted by atomic mass is 10.00. The summed E-state index contributed by atoms with van der Waals surface area (Å²) in [7, 11) is 0. The van der Waals surface area contributed by atoms with E-state index in [4.69, 9.17) is 4.55 Å². The zero-order valence-corrected chi connectivity index (χ0v) is 6.91. The molecule has 1 rings (SSSR count). The van der Waals surface area contributed by atoms with E-state index < -0.39 is 11.1 Å². The molecule has 0 amide bonds. The zero-order valence-electron chi connectivity index (χ0n) is 6.09. The molecule has 1 heterocycles. The molecule has 0 aliphatic carbocycles. The molecule has 10 heavy (non-hydrogen) atoms. The molecule has 1 aliphatic heterocycles. The van der Waals surface area contributed by atoms with Crippen molar-refractivity contribution in [3.63, 3.8) is 0 Å². The Morgan fingerprint density at radius 2 is 2.00 bits per heavy atom. The second-order valence-electron chi connectivity index (χ2n) is 2.95. The Morgan fingerprint density at radius 1 is 1.50 bits per heavy atom. The zero-order chi connectivity index (χ0) is 7.61. The molecule has 0 aromatic rings. The fourth-order valence-corrected chi connectivity index (χ4v) is 1.68. The Balaban J connectivity index is 2.56. The van der Waals surface area contributed by atoms with Crippen molar-refractivity contribution >= 4 is 11.1 Å². The fourth-order valence-electron chi connectivity index (χ4n) is 1.13. The van der Waals surface area contributed by atoms with E-state index in [-0.39, 0.29) is 4.75 Å². The van der Waals surface area contributed by atoms with E-state index in [0.29, 0.717) is 0 Å². The summed E-state index contributed by atoms with van der Waals surface area (Å²) in [5, 5.41) is 3.15. The minimum Gasteiger partial charge on any atom is -0.317 e. The van der Waals surface area contributed by atoms with Gasteiger partial charge in [-0.3, -0.25) is 0 Å². The molecule has 0 saturated carbocycles. The molecule has 1 aliphatic rings. The van der Waals surface area contributed by atoms with Crippen molar-refractivity contribution in [2.45, 2.75) is 24.5 Å². The standard InChI is InChI=1S/C6H13NO2S/c1-6(10(8)9)2-4-7-5-3-6/h7H,2-5H2,1H3,(H,8,9). The van der Waals surface area contributed by atoms with Gasteiger partial charge in [0.2, 0.25) is 0 Å². The van der Waals surface area contributed by atoms with Crippen LogP contribution in [0.5, 0.6) is 0 Å². The normalized spacial score (nSPS) is 27.8. The van der Waals surface area contributed by atoms with Gasteiger partial charge in [0.05, 0.1) is 4.75 Å². The Bertz CT molecular complexity index is 143. The first-order valence-electron chi connectivity index (χ1n) is 3.47. The third kappa shape index (κ3) is 1.56. The SMILES string of the molecule is CC1(S(=O)O)CCNCC1. The average molecular weight is 163 g/mol. The summed E-state index contributed by atoms with van der Waals surface area (Å²) < 4.78 is 19.3. The quantitative estimate of drug-likeness (QED) is 0.548. The van der Waals surface area contributed by atoms with Crippen molar-refractivity contribution < 1.29 is 8.76 Å². The van der Waals surface area contributed by atoms with Crippen LogP contribution < -0.4 is 5.32 Å². The highest BCUT2D eigenvalue weighted by molar-refractivity contribution is 7.80. The lowest BCUT2D eigenvalue weighted by molar-refractivity contribution is 0.400. The Hall–Kier alpha value is 0.0700. The van der Waals surface area contributed by atoms with E-state index in [2.05, 4.69) is 5.32 Å². The first-order valence-corrected chi connectivity index (χ1v) is 4.57. The van der Waals surface area contributed by atoms with Gasteiger partial charge in [-0.15, -0.1) is 0 Å². The smallest absolute Gasteiger partial charge is 0.158 e. The van der Waals surface area contributed by atoms with Crippen LogP contribution in [0.1, 0.15) is 19.8 Å². The summed E-state index contributed by atoms with van der Waals surface area (Å²) in [6.45, 7) is 3.59. The lowest BCUT2D eigenvalue weighted by Crippen LogP contribution is -2.42. The molecule has 0 bridgehead atoms. The van der Waals surface area contributed by atoms with E-state index in [1.165, 1.54) is 0 Å². The van der Waals surface area contributed by atoms with E-state index in [1.807, 2.05) is 6.92 Å². The number of hydrogen-bond acceptors (Lipinski definition) is 2. The molecule has 3 nitrogen and oxygen atoms in total. The van der Waals surface area contributed by atoms with Gasteiger partial charge in [0, 0.05) is 0 Å². The van der Waals surface area contributed by atoms with Gasteiger partial charge in [-0.1, -0.05) is 0 Å². The highest BCUT2D eigenvalue weighted by Crippen LogP contribution is 2.23. The fraction of sp³-hybridized carbons (Fsp3) is 1.00. The summed E-state index contributed by atoms with van der Waals surface area (Å²) in [5.74, 6) is 0. The molecular formula is C6H13NO2S. The monoisotopic (exact) mass is 163 g/mol. The van der Waals surface area contributed by atoms with Gasteiger partial charge in [-0.2, -0.15) is 0 Å². The number of rotatable bonds is 1. The lowest BCUT2D eigenvalue weighted by Gasteiger charge is -2.29. The molecule has 0 aromatic heterocycles. The Labute approximate surface area is 63.5 Å². The van der Waals surface area contributed by atoms with Crippen molar-refractivity contribution in [3.05, 3.63) is 0 Å². The highest BCUT2D eigenvalue weighted by Gasteiger charge is 2.32. The van der Waals surface area contributed by atoms with Crippen LogP contribution in [0.4, 0.5) is 0 Å². The summed E-state index contributed by atoms with van der Waals surface area (Å²) in [5.41, 5.74) is 0. The summed E-state index contributed by atoms with van der Waals surface area (Å²) >= 11 is -1.66. The van der Waals surface area contributed by atoms with Crippen molar-refractivity contribution in [1.29, 1.82) is 0 Å². The molecule has 1 saturated heterocycles. The van der Waals surface area contributed by atoms with Crippen LogP contribution >= 0.6 is 0 Å². The Morgan fingerprint density at radius 3 is 2.30 bits per heavy atom. The summed E-state index contributed by atoms with van der Waals surface area (Å²) in [6.07, 6.45) is 1.60. The van der Waals surface area contributed by atoms with Gasteiger partial charge < -0.3 is 9.87 Å². The maximum absolute atomic E-state index is 10.8. The predicted molar refractivity (Wildman–Crippen MR) is 41.3 cm³/mol. The summed E-state index contributed by atoms with van der Waals surface area (Å²) in [6, 6.07) is 0. The van der Waals surface area contributed by atoms with Crippen molar-refractivity contribution in [2.75, 3.05) is 13.1 Å². The highest BCUT2D eigenvalue weighted by atomic mass is 32.2. The van der Waals surface area contributed by atoms with Crippen molar-refractivity contribution in [3.8, 4) is 0 Å². The first kappa shape index (κ1) is 8.17. The van der Waals surface area contributed by atoms with Crippen LogP contribution in [0.3, 0.4) is 0 Å². The van der Waals surface area contributed by atoms with Crippen LogP contribution in [-0.4, -0.2) is 26.6 Å². The minimum atomic E-state index is -1.66. The van der Waals surface area contributed by atoms with Crippen LogP contribution in [-0.2, 0) is 11.1 Å².